The molecule has 1 aromatic carbocycles. The van der Waals surface area contributed by atoms with Gasteiger partial charge in [-0.2, -0.15) is 0 Å². The number of nitrogens with zero attached hydrogens (tertiary/aromatic N) is 2. The molecule has 1 aromatic heterocycles. The molecule has 0 saturated heterocycles. The van der Waals surface area contributed by atoms with Crippen LogP contribution in [0.1, 0.15) is 33.6 Å². The van der Waals surface area contributed by atoms with Crippen molar-refractivity contribution >= 4 is 28.8 Å². The smallest absolute Gasteiger partial charge is 0.257 e. The zero-order valence-electron chi connectivity index (χ0n) is 14.7. The predicted molar refractivity (Wildman–Crippen MR) is 99.4 cm³/mol. The molecule has 0 unspecified atom stereocenters. The summed E-state index contributed by atoms with van der Waals surface area (Å²) in [5, 5.41) is 3.59. The Morgan fingerprint density at radius 3 is 2.79 bits per heavy atom. The van der Waals surface area contributed by atoms with Gasteiger partial charge in [-0.15, -0.1) is 0 Å². The van der Waals surface area contributed by atoms with E-state index in [2.05, 4.69) is 36.0 Å². The number of fused-ring (bicyclic) bond motifs is 1. The third-order valence-electron chi connectivity index (χ3n) is 4.01. The van der Waals surface area contributed by atoms with Crippen molar-refractivity contribution in [2.45, 2.75) is 44.9 Å². The highest BCUT2D eigenvalue weighted by atomic mass is 32.2. The Hall–Kier alpha value is -1.53. The first-order valence-electron chi connectivity index (χ1n) is 8.62. The second kappa shape index (κ2) is 9.69. The molecular weight excluding hydrogens is 322 g/mol. The van der Waals surface area contributed by atoms with Crippen molar-refractivity contribution in [1.29, 1.82) is 0 Å². The van der Waals surface area contributed by atoms with E-state index in [9.17, 15) is 4.79 Å². The van der Waals surface area contributed by atoms with Crippen LogP contribution in [-0.2, 0) is 4.79 Å². The highest BCUT2D eigenvalue weighted by Gasteiger charge is 2.11. The normalized spacial score (nSPS) is 12.7. The first-order valence-corrected chi connectivity index (χ1v) is 9.61. The Labute approximate surface area is 148 Å². The van der Waals surface area contributed by atoms with Crippen molar-refractivity contribution < 1.29 is 9.21 Å². The Morgan fingerprint density at radius 1 is 1.33 bits per heavy atom. The molecular formula is C18H27N3O2S. The summed E-state index contributed by atoms with van der Waals surface area (Å²) in [6.45, 7) is 9.67. The highest BCUT2D eigenvalue weighted by molar-refractivity contribution is 7.99. The Kier molecular flexibility index (Phi) is 7.59. The highest BCUT2D eigenvalue weighted by Crippen LogP contribution is 2.22. The monoisotopic (exact) mass is 349 g/mol. The number of nitrogens with one attached hydrogen (secondary N) is 1. The topological polar surface area (TPSA) is 58.4 Å². The van der Waals surface area contributed by atoms with Gasteiger partial charge in [0, 0.05) is 6.04 Å². The van der Waals surface area contributed by atoms with E-state index >= 15 is 0 Å². The number of hydrogen-bond acceptors (Lipinski definition) is 5. The van der Waals surface area contributed by atoms with Crippen LogP contribution in [0.15, 0.2) is 33.9 Å². The second-order valence-corrected chi connectivity index (χ2v) is 6.80. The zero-order chi connectivity index (χ0) is 17.4. The molecule has 0 fully saturated rings. The molecule has 0 aliphatic carbocycles. The van der Waals surface area contributed by atoms with Crippen molar-refractivity contribution in [2.24, 2.45) is 0 Å². The lowest BCUT2D eigenvalue weighted by molar-refractivity contribution is -0.119. The Morgan fingerprint density at radius 2 is 2.08 bits per heavy atom. The van der Waals surface area contributed by atoms with Crippen LogP contribution in [0.3, 0.4) is 0 Å². The molecule has 6 heteroatoms. The number of amides is 1. The van der Waals surface area contributed by atoms with E-state index in [1.807, 2.05) is 24.3 Å². The molecule has 0 spiro atoms. The number of carbonyl (C=O) groups is 1. The summed E-state index contributed by atoms with van der Waals surface area (Å²) in [5.41, 5.74) is 1.58. The van der Waals surface area contributed by atoms with Crippen LogP contribution in [0.5, 0.6) is 0 Å². The van der Waals surface area contributed by atoms with Gasteiger partial charge in [-0.25, -0.2) is 4.98 Å². The van der Waals surface area contributed by atoms with Crippen LogP contribution in [0.4, 0.5) is 0 Å². The van der Waals surface area contributed by atoms with E-state index in [1.165, 1.54) is 11.8 Å². The van der Waals surface area contributed by atoms with Crippen molar-refractivity contribution in [3.8, 4) is 0 Å². The van der Waals surface area contributed by atoms with Crippen molar-refractivity contribution in [1.82, 2.24) is 15.2 Å². The molecule has 5 nitrogen and oxygen atoms in total. The maximum absolute atomic E-state index is 12.0. The summed E-state index contributed by atoms with van der Waals surface area (Å²) in [7, 11) is 0. The fraction of sp³-hybridized carbons (Fsp3) is 0.556. The van der Waals surface area contributed by atoms with E-state index in [0.717, 1.165) is 43.6 Å². The van der Waals surface area contributed by atoms with Crippen molar-refractivity contribution in [3.05, 3.63) is 24.3 Å². The van der Waals surface area contributed by atoms with Crippen LogP contribution in [0.2, 0.25) is 0 Å². The molecule has 0 bridgehead atoms. The lowest BCUT2D eigenvalue weighted by atomic mass is 10.2. The Balaban J connectivity index is 1.68. The van der Waals surface area contributed by atoms with Gasteiger partial charge in [-0.05, 0) is 51.5 Å². The van der Waals surface area contributed by atoms with E-state index < -0.39 is 0 Å². The van der Waals surface area contributed by atoms with Gasteiger partial charge in [0.25, 0.3) is 5.22 Å². The molecule has 0 radical (unpaired) electrons. The number of carbonyl (C=O) groups excluding carboxylic acids is 1. The van der Waals surface area contributed by atoms with Gasteiger partial charge in [0.05, 0.1) is 5.75 Å². The molecule has 24 heavy (non-hydrogen) atoms. The summed E-state index contributed by atoms with van der Waals surface area (Å²) >= 11 is 1.33. The van der Waals surface area contributed by atoms with Crippen LogP contribution < -0.4 is 5.32 Å². The number of para-hydroxylation sites is 2. The van der Waals surface area contributed by atoms with Gasteiger partial charge in [-0.1, -0.05) is 37.7 Å². The lowest BCUT2D eigenvalue weighted by Crippen LogP contribution is -2.34. The van der Waals surface area contributed by atoms with Gasteiger partial charge in [0.15, 0.2) is 5.58 Å². The largest absolute Gasteiger partial charge is 0.431 e. The fourth-order valence-electron chi connectivity index (χ4n) is 2.59. The predicted octanol–water partition coefficient (Wildman–Crippen LogP) is 3.55. The average molecular weight is 350 g/mol. The first kappa shape index (κ1) is 18.8. The lowest BCUT2D eigenvalue weighted by Gasteiger charge is -2.19. The molecule has 0 aliphatic rings. The summed E-state index contributed by atoms with van der Waals surface area (Å²) in [6.07, 6.45) is 2.09. The van der Waals surface area contributed by atoms with Gasteiger partial charge in [-0.3, -0.25) is 4.79 Å². The number of hydrogen-bond donors (Lipinski definition) is 1. The molecule has 0 saturated carbocycles. The maximum atomic E-state index is 12.0. The minimum absolute atomic E-state index is 0.0256. The van der Waals surface area contributed by atoms with Crippen LogP contribution in [-0.4, -0.2) is 47.2 Å². The van der Waals surface area contributed by atoms with Crippen LogP contribution >= 0.6 is 11.8 Å². The van der Waals surface area contributed by atoms with Gasteiger partial charge in [0.1, 0.15) is 5.52 Å². The third-order valence-corrected chi connectivity index (χ3v) is 4.84. The molecule has 0 aliphatic heterocycles. The number of rotatable bonds is 10. The Bertz CT molecular complexity index is 607. The van der Waals surface area contributed by atoms with E-state index in [-0.39, 0.29) is 11.9 Å². The molecule has 2 aromatic rings. The first-order chi connectivity index (χ1) is 11.6. The van der Waals surface area contributed by atoms with E-state index in [1.54, 1.807) is 0 Å². The fourth-order valence-corrected chi connectivity index (χ4v) is 3.24. The second-order valence-electron chi connectivity index (χ2n) is 5.87. The zero-order valence-corrected chi connectivity index (χ0v) is 15.6. The molecule has 1 atom stereocenters. The van der Waals surface area contributed by atoms with Crippen LogP contribution in [0, 0.1) is 0 Å². The van der Waals surface area contributed by atoms with Crippen molar-refractivity contribution in [2.75, 3.05) is 25.4 Å². The maximum Gasteiger partial charge on any atom is 0.257 e. The molecule has 132 valence electrons. The number of oxazole rings is 1. The van der Waals surface area contributed by atoms with E-state index in [4.69, 9.17) is 4.42 Å². The molecule has 1 N–H and O–H groups in total. The SMILES string of the molecule is CCN(CC)CCC[C@@H](C)NC(=O)CSc1nc2ccccc2o1. The summed E-state index contributed by atoms with van der Waals surface area (Å²) < 4.78 is 5.61. The summed E-state index contributed by atoms with van der Waals surface area (Å²) in [6, 6.07) is 7.81. The van der Waals surface area contributed by atoms with Crippen molar-refractivity contribution in [3.63, 3.8) is 0 Å². The minimum atomic E-state index is 0.0256. The quantitative estimate of drug-likeness (QED) is 0.665. The summed E-state index contributed by atoms with van der Waals surface area (Å²) in [5.74, 6) is 0.352. The molecule has 1 heterocycles. The van der Waals surface area contributed by atoms with Crippen LogP contribution in [0.25, 0.3) is 11.1 Å². The van der Waals surface area contributed by atoms with Gasteiger partial charge < -0.3 is 14.6 Å². The number of thioether (sulfide) groups is 1. The molecule has 2 rings (SSSR count). The molecule has 1 amide bonds. The standard InChI is InChI=1S/C18H27N3O2S/c1-4-21(5-2)12-8-9-14(3)19-17(22)13-24-18-20-15-10-6-7-11-16(15)23-18/h6-7,10-11,14H,4-5,8-9,12-13H2,1-3H3,(H,19,22)/t14-/m1/s1. The number of benzene rings is 1. The average Bonchev–Trinajstić information content (AvgIpc) is 3.00. The van der Waals surface area contributed by atoms with Gasteiger partial charge >= 0.3 is 0 Å². The minimum Gasteiger partial charge on any atom is -0.431 e. The third kappa shape index (κ3) is 5.83. The van der Waals surface area contributed by atoms with E-state index in [0.29, 0.717) is 11.0 Å². The number of aromatic nitrogens is 1. The van der Waals surface area contributed by atoms with Gasteiger partial charge in [0.2, 0.25) is 5.91 Å². The summed E-state index contributed by atoms with van der Waals surface area (Å²) in [4.78, 5) is 18.8.